The van der Waals surface area contributed by atoms with E-state index in [1.807, 2.05) is 0 Å². The summed E-state index contributed by atoms with van der Waals surface area (Å²) in [6.07, 6.45) is 0. The summed E-state index contributed by atoms with van der Waals surface area (Å²) in [7, 11) is 3.36. The van der Waals surface area contributed by atoms with E-state index in [0.717, 1.165) is 33.6 Å². The molecule has 3 N–H and O–H groups in total. The Morgan fingerprint density at radius 2 is 1.59 bits per heavy atom. The first kappa shape index (κ1) is 23.7. The highest BCUT2D eigenvalue weighted by Crippen LogP contribution is 2.53. The van der Waals surface area contributed by atoms with Crippen LogP contribution in [0.25, 0.3) is 0 Å². The first-order valence-electron chi connectivity index (χ1n) is 10.5. The first-order valence-corrected chi connectivity index (χ1v) is 10.9. The molecule has 2 aromatic rings. The van der Waals surface area contributed by atoms with E-state index in [1.54, 1.807) is 0 Å². The molecule has 0 saturated heterocycles. The van der Waals surface area contributed by atoms with Gasteiger partial charge in [0.25, 0.3) is 0 Å². The van der Waals surface area contributed by atoms with Crippen LogP contribution in [0.2, 0.25) is 0 Å². The van der Waals surface area contributed by atoms with Crippen LogP contribution in [0.15, 0.2) is 30.3 Å². The van der Waals surface area contributed by atoms with Crippen molar-refractivity contribution in [3.63, 3.8) is 0 Å². The molecular weight excluding hydrogens is 374 g/mol. The molecule has 0 saturated carbocycles. The minimum Gasteiger partial charge on any atom is -0.540 e. The number of hydrogen-bond acceptors (Lipinski definition) is 3. The number of benzene rings is 2. The fourth-order valence-corrected chi connectivity index (χ4v) is 5.60. The van der Waals surface area contributed by atoms with Crippen molar-refractivity contribution in [2.45, 2.75) is 60.5 Å². The van der Waals surface area contributed by atoms with Gasteiger partial charge in [0.2, 0.25) is 0 Å². The molecule has 0 spiro atoms. The van der Waals surface area contributed by atoms with Crippen LogP contribution in [0.4, 0.5) is 0 Å². The van der Waals surface area contributed by atoms with Crippen molar-refractivity contribution in [1.29, 1.82) is 0 Å². The van der Waals surface area contributed by atoms with Crippen LogP contribution < -0.4 is 10.2 Å². The second-order valence-electron chi connectivity index (χ2n) is 8.79. The van der Waals surface area contributed by atoms with Crippen molar-refractivity contribution < 1.29 is 9.53 Å². The molecule has 0 amide bonds. The Morgan fingerprint density at radius 1 is 1.00 bits per heavy atom. The summed E-state index contributed by atoms with van der Waals surface area (Å²) < 4.78 is 5.87. The lowest BCUT2D eigenvalue weighted by Gasteiger charge is -2.49. The zero-order valence-corrected chi connectivity index (χ0v) is 20.0. The highest BCUT2D eigenvalue weighted by Gasteiger charge is 2.48. The molecule has 2 unspecified atom stereocenters. The molecule has 2 aromatic carbocycles. The third kappa shape index (κ3) is 3.78. The van der Waals surface area contributed by atoms with Gasteiger partial charge in [0, 0.05) is 11.0 Å². The number of nitrogens with two attached hydrogens (primary N) is 1. The topological polar surface area (TPSA) is 55.5 Å². The molecule has 0 bridgehead atoms. The van der Waals surface area contributed by atoms with Crippen LogP contribution in [0.5, 0.6) is 5.75 Å². The van der Waals surface area contributed by atoms with Crippen molar-refractivity contribution in [2.24, 2.45) is 23.5 Å². The van der Waals surface area contributed by atoms with E-state index < -0.39 is 0 Å². The normalized spacial score (nSPS) is 14.9. The van der Waals surface area contributed by atoms with E-state index in [1.165, 1.54) is 5.56 Å². The fraction of sp³-hybridized carbons (Fsp3) is 0.520. The number of rotatable bonds is 8. The lowest BCUT2D eigenvalue weighted by molar-refractivity contribution is 0.187. The number of aliphatic hydroxyl groups is 1. The summed E-state index contributed by atoms with van der Waals surface area (Å²) in [6, 6.07) is 10.6. The van der Waals surface area contributed by atoms with Gasteiger partial charge in [-0.25, -0.2) is 0 Å². The van der Waals surface area contributed by atoms with Crippen molar-refractivity contribution in [1.82, 2.24) is 0 Å². The minimum absolute atomic E-state index is 0.00539. The standard InChI is InChI=1S/C25H36NO2Si/c1-15(2)22(13-26)25(16(3)4,20-11-9-8-10-12-20)23-19(7)21(14-27)17(5)18(6)24(23)28-29/h8-12,15-16,22,27H,13-14,26H2,1-7H3. The molecule has 0 fully saturated rings. The summed E-state index contributed by atoms with van der Waals surface area (Å²) in [5.74, 6) is 1.65. The van der Waals surface area contributed by atoms with Crippen molar-refractivity contribution in [3.8, 4) is 5.75 Å². The molecule has 2 atom stereocenters. The molecule has 157 valence electrons. The Bertz CT molecular complexity index is 833. The van der Waals surface area contributed by atoms with E-state index in [9.17, 15) is 5.11 Å². The van der Waals surface area contributed by atoms with Gasteiger partial charge in [-0.05, 0) is 72.9 Å². The van der Waals surface area contributed by atoms with Crippen LogP contribution >= 0.6 is 0 Å². The molecule has 0 aromatic heterocycles. The van der Waals surface area contributed by atoms with E-state index in [2.05, 4.69) is 89.3 Å². The van der Waals surface area contributed by atoms with Crippen LogP contribution in [0.1, 0.15) is 61.1 Å². The van der Waals surface area contributed by atoms with Crippen LogP contribution in [0.3, 0.4) is 0 Å². The zero-order valence-electron chi connectivity index (χ0n) is 19.0. The summed E-state index contributed by atoms with van der Waals surface area (Å²) in [5.41, 5.74) is 12.6. The van der Waals surface area contributed by atoms with Gasteiger partial charge in [-0.3, -0.25) is 0 Å². The molecule has 29 heavy (non-hydrogen) atoms. The predicted octanol–water partition coefficient (Wildman–Crippen LogP) is 4.74. The molecule has 0 aliphatic carbocycles. The molecule has 3 nitrogen and oxygen atoms in total. The smallest absolute Gasteiger partial charge is 0.341 e. The highest BCUT2D eigenvalue weighted by atomic mass is 28.2. The lowest BCUT2D eigenvalue weighted by Crippen LogP contribution is -2.48. The highest BCUT2D eigenvalue weighted by molar-refractivity contribution is 6.00. The molecule has 0 aliphatic heterocycles. The van der Waals surface area contributed by atoms with Crippen molar-refractivity contribution in [3.05, 3.63) is 63.7 Å². The van der Waals surface area contributed by atoms with Gasteiger partial charge in [0.1, 0.15) is 5.75 Å². The van der Waals surface area contributed by atoms with Gasteiger partial charge in [-0.1, -0.05) is 58.0 Å². The van der Waals surface area contributed by atoms with E-state index in [0.29, 0.717) is 12.5 Å². The molecule has 0 aliphatic rings. The third-order valence-electron chi connectivity index (χ3n) is 6.89. The van der Waals surface area contributed by atoms with Gasteiger partial charge in [-0.15, -0.1) is 0 Å². The second-order valence-corrected chi connectivity index (χ2v) is 9.00. The Labute approximate surface area is 180 Å². The minimum atomic E-state index is -0.362. The monoisotopic (exact) mass is 410 g/mol. The third-order valence-corrected chi connectivity index (χ3v) is 7.09. The summed E-state index contributed by atoms with van der Waals surface area (Å²) in [5, 5.41) is 10.2. The van der Waals surface area contributed by atoms with E-state index >= 15 is 0 Å². The maximum absolute atomic E-state index is 10.2. The van der Waals surface area contributed by atoms with Gasteiger partial charge in [-0.2, -0.15) is 0 Å². The Hall–Kier alpha value is -1.62. The SMILES string of the molecule is Cc1c(C)c(O[Si])c(C(c2ccccc2)(C(C)C)C(CN)C(C)C)c(C)c1CO. The Balaban J connectivity index is 3.14. The number of hydrogen-bond donors (Lipinski definition) is 2. The lowest BCUT2D eigenvalue weighted by atomic mass is 9.55. The van der Waals surface area contributed by atoms with Gasteiger partial charge in [0.15, 0.2) is 0 Å². The Kier molecular flexibility index (Phi) is 7.72. The fourth-order valence-electron chi connectivity index (χ4n) is 5.34. The molecule has 0 heterocycles. The molecule has 4 heteroatoms. The summed E-state index contributed by atoms with van der Waals surface area (Å²) in [4.78, 5) is 0. The summed E-state index contributed by atoms with van der Waals surface area (Å²) >= 11 is 0. The average Bonchev–Trinajstić information content (AvgIpc) is 2.69. The predicted molar refractivity (Wildman–Crippen MR) is 122 cm³/mol. The second kappa shape index (κ2) is 9.46. The van der Waals surface area contributed by atoms with Gasteiger partial charge >= 0.3 is 10.5 Å². The van der Waals surface area contributed by atoms with Crippen molar-refractivity contribution >= 4 is 10.5 Å². The molecular formula is C25H36NO2Si. The first-order chi connectivity index (χ1) is 13.7. The average molecular weight is 411 g/mol. The maximum atomic E-state index is 10.2. The Morgan fingerprint density at radius 3 is 2.00 bits per heavy atom. The number of aliphatic hydroxyl groups excluding tert-OH is 1. The van der Waals surface area contributed by atoms with Crippen molar-refractivity contribution in [2.75, 3.05) is 6.54 Å². The van der Waals surface area contributed by atoms with Gasteiger partial charge in [0.05, 0.1) is 6.61 Å². The van der Waals surface area contributed by atoms with E-state index in [4.69, 9.17) is 10.2 Å². The van der Waals surface area contributed by atoms with E-state index in [-0.39, 0.29) is 23.9 Å². The summed E-state index contributed by atoms with van der Waals surface area (Å²) in [6.45, 7) is 15.8. The maximum Gasteiger partial charge on any atom is 0.341 e. The quantitative estimate of drug-likeness (QED) is 0.618. The largest absolute Gasteiger partial charge is 0.540 e. The van der Waals surface area contributed by atoms with Crippen LogP contribution in [-0.4, -0.2) is 22.1 Å². The van der Waals surface area contributed by atoms with Crippen LogP contribution in [0, 0.1) is 38.5 Å². The molecule has 2 rings (SSSR count). The van der Waals surface area contributed by atoms with Crippen LogP contribution in [-0.2, 0) is 12.0 Å². The van der Waals surface area contributed by atoms with Gasteiger partial charge < -0.3 is 15.3 Å². The zero-order chi connectivity index (χ0) is 21.9. The molecule has 3 radical (unpaired) electrons.